The van der Waals surface area contributed by atoms with Crippen LogP contribution in [0.5, 0.6) is 0 Å². The molecule has 0 saturated carbocycles. The average molecular weight is 337 g/mol. The molecule has 0 unspecified atom stereocenters. The van der Waals surface area contributed by atoms with Crippen molar-refractivity contribution in [1.82, 2.24) is 0 Å². The van der Waals surface area contributed by atoms with Gasteiger partial charge in [0.25, 0.3) is 5.69 Å². The van der Waals surface area contributed by atoms with E-state index in [4.69, 9.17) is 23.2 Å². The van der Waals surface area contributed by atoms with Crippen LogP contribution in [0, 0.1) is 10.1 Å². The van der Waals surface area contributed by atoms with E-state index in [1.54, 1.807) is 36.4 Å². The van der Waals surface area contributed by atoms with Crippen LogP contribution in [0.2, 0.25) is 10.0 Å². The fourth-order valence-corrected chi connectivity index (χ4v) is 2.23. The highest BCUT2D eigenvalue weighted by atomic mass is 35.5. The number of benzene rings is 2. The molecule has 0 aromatic heterocycles. The molecule has 2 aromatic carbocycles. The summed E-state index contributed by atoms with van der Waals surface area (Å²) < 4.78 is 0. The van der Waals surface area contributed by atoms with Gasteiger partial charge in [-0.25, -0.2) is 0 Å². The first kappa shape index (κ1) is 16.0. The smallest absolute Gasteiger partial charge is 0.276 e. The van der Waals surface area contributed by atoms with Crippen LogP contribution in [0.1, 0.15) is 5.56 Å². The first-order valence-electron chi connectivity index (χ1n) is 6.15. The van der Waals surface area contributed by atoms with Crippen molar-refractivity contribution in [2.75, 3.05) is 5.32 Å². The van der Waals surface area contributed by atoms with Gasteiger partial charge in [0.1, 0.15) is 0 Å². The fourth-order valence-electron chi connectivity index (χ4n) is 1.74. The van der Waals surface area contributed by atoms with Gasteiger partial charge in [0.15, 0.2) is 0 Å². The third-order valence-electron chi connectivity index (χ3n) is 2.76. The van der Waals surface area contributed by atoms with Crippen molar-refractivity contribution < 1.29 is 9.72 Å². The van der Waals surface area contributed by atoms with Gasteiger partial charge in [-0.3, -0.25) is 14.9 Å². The Morgan fingerprint density at radius 2 is 1.73 bits per heavy atom. The van der Waals surface area contributed by atoms with Crippen LogP contribution in [-0.2, 0) is 4.79 Å². The minimum absolute atomic E-state index is 0.0812. The molecule has 2 aromatic rings. The van der Waals surface area contributed by atoms with Gasteiger partial charge in [0, 0.05) is 12.1 Å². The van der Waals surface area contributed by atoms with Crippen LogP contribution in [0.4, 0.5) is 11.4 Å². The molecule has 0 fully saturated rings. The van der Waals surface area contributed by atoms with Gasteiger partial charge in [-0.1, -0.05) is 41.4 Å². The summed E-state index contributed by atoms with van der Waals surface area (Å²) in [6.45, 7) is 0. The van der Waals surface area contributed by atoms with Crippen LogP contribution in [0.25, 0.3) is 6.08 Å². The molecule has 2 rings (SSSR count). The normalized spacial score (nSPS) is 10.6. The third kappa shape index (κ3) is 3.84. The van der Waals surface area contributed by atoms with Gasteiger partial charge in [0.05, 0.1) is 26.2 Å². The van der Waals surface area contributed by atoms with Gasteiger partial charge < -0.3 is 5.32 Å². The van der Waals surface area contributed by atoms with E-state index < -0.39 is 10.8 Å². The Bertz CT molecular complexity index is 740. The molecule has 7 heteroatoms. The van der Waals surface area contributed by atoms with Crippen molar-refractivity contribution in [1.29, 1.82) is 0 Å². The van der Waals surface area contributed by atoms with Crippen LogP contribution >= 0.6 is 23.2 Å². The Hall–Kier alpha value is -2.37. The van der Waals surface area contributed by atoms with Gasteiger partial charge in [-0.15, -0.1) is 0 Å². The van der Waals surface area contributed by atoms with E-state index in [1.165, 1.54) is 18.2 Å². The molecule has 0 radical (unpaired) electrons. The lowest BCUT2D eigenvalue weighted by atomic mass is 10.1. The number of nitro benzene ring substituents is 1. The largest absolute Gasteiger partial charge is 0.320 e. The molecule has 0 heterocycles. The number of carbonyl (C=O) groups is 1. The summed E-state index contributed by atoms with van der Waals surface area (Å²) in [4.78, 5) is 22.3. The molecule has 5 nitrogen and oxygen atoms in total. The molecule has 22 heavy (non-hydrogen) atoms. The molecule has 1 amide bonds. The maximum Gasteiger partial charge on any atom is 0.276 e. The zero-order valence-corrected chi connectivity index (χ0v) is 12.6. The van der Waals surface area contributed by atoms with Crippen molar-refractivity contribution in [3.63, 3.8) is 0 Å². The second-order valence-electron chi connectivity index (χ2n) is 4.24. The first-order valence-corrected chi connectivity index (χ1v) is 6.91. The Morgan fingerprint density at radius 1 is 1.09 bits per heavy atom. The number of halogens is 2. The number of nitrogens with one attached hydrogen (secondary N) is 1. The summed E-state index contributed by atoms with van der Waals surface area (Å²) in [5.41, 5.74) is 0.540. The van der Waals surface area contributed by atoms with E-state index in [0.717, 1.165) is 0 Å². The maximum absolute atomic E-state index is 11.9. The maximum atomic E-state index is 11.9. The number of anilines is 1. The minimum atomic E-state index is -0.511. The topological polar surface area (TPSA) is 72.2 Å². The van der Waals surface area contributed by atoms with Gasteiger partial charge >= 0.3 is 0 Å². The number of amides is 1. The Kier molecular flexibility index (Phi) is 5.14. The Labute approximate surface area is 136 Å². The third-order valence-corrected chi connectivity index (χ3v) is 3.39. The van der Waals surface area contributed by atoms with E-state index in [1.807, 2.05) is 0 Å². The van der Waals surface area contributed by atoms with Gasteiger partial charge in [0.2, 0.25) is 5.91 Å². The molecule has 0 atom stereocenters. The zero-order chi connectivity index (χ0) is 16.1. The predicted octanol–water partition coefficient (Wildman–Crippen LogP) is 4.55. The quantitative estimate of drug-likeness (QED) is 0.505. The van der Waals surface area contributed by atoms with Crippen LogP contribution < -0.4 is 5.32 Å². The summed E-state index contributed by atoms with van der Waals surface area (Å²) in [5.74, 6) is -0.492. The lowest BCUT2D eigenvalue weighted by molar-refractivity contribution is -0.385. The van der Waals surface area contributed by atoms with E-state index >= 15 is 0 Å². The lowest BCUT2D eigenvalue weighted by Crippen LogP contribution is -2.08. The number of rotatable bonds is 4. The first-order chi connectivity index (χ1) is 10.5. The summed E-state index contributed by atoms with van der Waals surface area (Å²) >= 11 is 11.9. The molecule has 0 aliphatic rings. The lowest BCUT2D eigenvalue weighted by Gasteiger charge is -2.06. The molecular formula is C15H10Cl2N2O3. The SMILES string of the molecule is O=C(/C=C/c1ccccc1[N+](=O)[O-])Nc1c(Cl)cccc1Cl. The van der Waals surface area contributed by atoms with Crippen molar-refractivity contribution in [3.05, 3.63) is 74.3 Å². The molecule has 0 aliphatic carbocycles. The Balaban J connectivity index is 2.18. The molecule has 112 valence electrons. The molecule has 0 aliphatic heterocycles. The zero-order valence-electron chi connectivity index (χ0n) is 11.1. The van der Waals surface area contributed by atoms with Gasteiger partial charge in [-0.2, -0.15) is 0 Å². The van der Waals surface area contributed by atoms with Crippen molar-refractivity contribution in [2.45, 2.75) is 0 Å². The second kappa shape index (κ2) is 7.06. The number of hydrogen-bond acceptors (Lipinski definition) is 3. The highest BCUT2D eigenvalue weighted by Crippen LogP contribution is 2.29. The van der Waals surface area contributed by atoms with E-state index in [2.05, 4.69) is 5.32 Å². The fraction of sp³-hybridized carbons (Fsp3) is 0. The van der Waals surface area contributed by atoms with Crippen LogP contribution in [-0.4, -0.2) is 10.8 Å². The van der Waals surface area contributed by atoms with Crippen molar-refractivity contribution in [3.8, 4) is 0 Å². The predicted molar refractivity (Wildman–Crippen MR) is 87.2 cm³/mol. The molecule has 0 saturated heterocycles. The van der Waals surface area contributed by atoms with E-state index in [-0.39, 0.29) is 5.69 Å². The summed E-state index contributed by atoms with van der Waals surface area (Å²) in [5, 5.41) is 14.0. The van der Waals surface area contributed by atoms with Crippen molar-refractivity contribution in [2.24, 2.45) is 0 Å². The van der Waals surface area contributed by atoms with Crippen LogP contribution in [0.15, 0.2) is 48.5 Å². The van der Waals surface area contributed by atoms with Crippen molar-refractivity contribution >= 4 is 46.6 Å². The number of hydrogen-bond donors (Lipinski definition) is 1. The highest BCUT2D eigenvalue weighted by Gasteiger charge is 2.11. The Morgan fingerprint density at radius 3 is 2.36 bits per heavy atom. The monoisotopic (exact) mass is 336 g/mol. The molecule has 1 N–H and O–H groups in total. The summed E-state index contributed by atoms with van der Waals surface area (Å²) in [6, 6.07) is 11.0. The number of nitro groups is 1. The van der Waals surface area contributed by atoms with Gasteiger partial charge in [-0.05, 0) is 24.3 Å². The molecule has 0 bridgehead atoms. The standard InChI is InChI=1S/C15H10Cl2N2O3/c16-11-5-3-6-12(17)15(11)18-14(20)9-8-10-4-1-2-7-13(10)19(21)22/h1-9H,(H,18,20)/b9-8+. The van der Waals surface area contributed by atoms with E-state index in [9.17, 15) is 14.9 Å². The summed E-state index contributed by atoms with van der Waals surface area (Å²) in [7, 11) is 0. The molecule has 0 spiro atoms. The second-order valence-corrected chi connectivity index (χ2v) is 5.05. The number of para-hydroxylation sites is 2. The highest BCUT2D eigenvalue weighted by molar-refractivity contribution is 6.39. The van der Waals surface area contributed by atoms with Crippen LogP contribution in [0.3, 0.4) is 0 Å². The van der Waals surface area contributed by atoms with E-state index in [0.29, 0.717) is 21.3 Å². The summed E-state index contributed by atoms with van der Waals surface area (Å²) in [6.07, 6.45) is 2.54. The number of carbonyl (C=O) groups excluding carboxylic acids is 1. The molecular weight excluding hydrogens is 327 g/mol. The average Bonchev–Trinajstić information content (AvgIpc) is 2.49. The minimum Gasteiger partial charge on any atom is -0.320 e. The number of nitrogens with zero attached hydrogens (tertiary/aromatic N) is 1.